The van der Waals surface area contributed by atoms with Crippen LogP contribution in [0.3, 0.4) is 0 Å². The topological polar surface area (TPSA) is 80.7 Å². The van der Waals surface area contributed by atoms with Crippen LogP contribution in [0.4, 0.5) is 0 Å². The molecule has 1 fully saturated rings. The van der Waals surface area contributed by atoms with Crippen molar-refractivity contribution in [3.63, 3.8) is 0 Å². The van der Waals surface area contributed by atoms with Crippen LogP contribution in [0.2, 0.25) is 0 Å². The molecule has 1 aromatic carbocycles. The lowest BCUT2D eigenvalue weighted by atomic mass is 10.2. The monoisotopic (exact) mass is 348 g/mol. The van der Waals surface area contributed by atoms with Gasteiger partial charge in [-0.05, 0) is 31.0 Å². The van der Waals surface area contributed by atoms with Gasteiger partial charge in [0, 0.05) is 4.47 Å². The third-order valence-corrected chi connectivity index (χ3v) is 5.22. The highest BCUT2D eigenvalue weighted by atomic mass is 79.9. The molecule has 0 bridgehead atoms. The Morgan fingerprint density at radius 3 is 2.74 bits per heavy atom. The van der Waals surface area contributed by atoms with Gasteiger partial charge >= 0.3 is 5.97 Å². The van der Waals surface area contributed by atoms with Crippen LogP contribution in [0.1, 0.15) is 12.8 Å². The normalized spacial score (nSPS) is 23.4. The Kier molecular flexibility index (Phi) is 4.27. The summed E-state index contributed by atoms with van der Waals surface area (Å²) in [5.74, 6) is -1.23. The number of carboxylic acids is 1. The summed E-state index contributed by atoms with van der Waals surface area (Å²) < 4.78 is 30.2. The fraction of sp³-hybridized carbons (Fsp3) is 0.417. The van der Waals surface area contributed by atoms with Crippen LogP contribution in [0, 0.1) is 0 Å². The van der Waals surface area contributed by atoms with Crippen molar-refractivity contribution >= 4 is 31.7 Å². The molecule has 2 atom stereocenters. The van der Waals surface area contributed by atoms with Crippen LogP contribution < -0.4 is 0 Å². The van der Waals surface area contributed by atoms with E-state index in [1.54, 1.807) is 12.1 Å². The second-order valence-electron chi connectivity index (χ2n) is 4.40. The Morgan fingerprint density at radius 2 is 2.16 bits per heavy atom. The predicted octanol–water partition coefficient (Wildman–Crippen LogP) is 1.85. The van der Waals surface area contributed by atoms with Crippen LogP contribution in [0.5, 0.6) is 0 Å². The fourth-order valence-electron chi connectivity index (χ4n) is 2.01. The first-order valence-electron chi connectivity index (χ1n) is 5.75. The zero-order valence-corrected chi connectivity index (χ0v) is 12.4. The molecule has 0 amide bonds. The summed E-state index contributed by atoms with van der Waals surface area (Å²) in [4.78, 5) is 11.0. The van der Waals surface area contributed by atoms with Gasteiger partial charge in [0.1, 0.15) is 0 Å². The van der Waals surface area contributed by atoms with Gasteiger partial charge in [0.25, 0.3) is 0 Å². The number of carboxylic acid groups (broad SMARTS) is 1. The molecule has 1 aromatic rings. The summed E-state index contributed by atoms with van der Waals surface area (Å²) in [6, 6.07) is 6.43. The van der Waals surface area contributed by atoms with E-state index in [0.717, 1.165) is 0 Å². The molecule has 0 saturated carbocycles. The van der Waals surface area contributed by atoms with Crippen molar-refractivity contribution in [1.29, 1.82) is 0 Å². The molecule has 2 rings (SSSR count). The molecule has 7 heteroatoms. The zero-order valence-electron chi connectivity index (χ0n) is 9.95. The van der Waals surface area contributed by atoms with E-state index in [4.69, 9.17) is 9.84 Å². The molecule has 1 saturated heterocycles. The highest BCUT2D eigenvalue weighted by Gasteiger charge is 2.33. The number of rotatable bonds is 4. The zero-order chi connectivity index (χ0) is 14.0. The smallest absolute Gasteiger partial charge is 0.332 e. The van der Waals surface area contributed by atoms with Crippen LogP contribution in [-0.4, -0.2) is 37.5 Å². The Labute approximate surface area is 119 Å². The van der Waals surface area contributed by atoms with Gasteiger partial charge in [-0.2, -0.15) is 0 Å². The summed E-state index contributed by atoms with van der Waals surface area (Å²) in [6.07, 6.45) is -0.633. The average molecular weight is 349 g/mol. The van der Waals surface area contributed by atoms with Gasteiger partial charge in [-0.25, -0.2) is 13.2 Å². The maximum Gasteiger partial charge on any atom is 0.332 e. The van der Waals surface area contributed by atoms with Gasteiger partial charge in [-0.3, -0.25) is 0 Å². The molecular formula is C12H13BrO5S. The third kappa shape index (κ3) is 3.55. The maximum absolute atomic E-state index is 12.2. The number of hydrogen-bond acceptors (Lipinski definition) is 4. The first-order chi connectivity index (χ1) is 8.88. The van der Waals surface area contributed by atoms with Gasteiger partial charge in [0.15, 0.2) is 15.9 Å². The van der Waals surface area contributed by atoms with Gasteiger partial charge in [0.05, 0.1) is 16.8 Å². The largest absolute Gasteiger partial charge is 0.479 e. The highest BCUT2D eigenvalue weighted by Crippen LogP contribution is 2.24. The molecule has 19 heavy (non-hydrogen) atoms. The van der Waals surface area contributed by atoms with Crippen LogP contribution >= 0.6 is 15.9 Å². The first-order valence-corrected chi connectivity index (χ1v) is 8.19. The van der Waals surface area contributed by atoms with Gasteiger partial charge in [-0.15, -0.1) is 0 Å². The number of benzene rings is 1. The lowest BCUT2D eigenvalue weighted by Gasteiger charge is -2.12. The summed E-state index contributed by atoms with van der Waals surface area (Å²) in [7, 11) is -3.46. The van der Waals surface area contributed by atoms with E-state index in [2.05, 4.69) is 15.9 Å². The number of aliphatic carboxylic acids is 1. The van der Waals surface area contributed by atoms with Crippen LogP contribution in [0.15, 0.2) is 33.6 Å². The van der Waals surface area contributed by atoms with Crippen molar-refractivity contribution in [2.24, 2.45) is 0 Å². The molecule has 2 unspecified atom stereocenters. The van der Waals surface area contributed by atoms with E-state index in [1.807, 2.05) is 0 Å². The molecule has 5 nitrogen and oxygen atoms in total. The minimum atomic E-state index is -3.46. The number of sulfone groups is 1. The Morgan fingerprint density at radius 1 is 1.42 bits per heavy atom. The van der Waals surface area contributed by atoms with Gasteiger partial charge in [-0.1, -0.05) is 22.0 Å². The lowest BCUT2D eigenvalue weighted by molar-refractivity contribution is -0.148. The molecule has 0 radical (unpaired) electrons. The van der Waals surface area contributed by atoms with Gasteiger partial charge < -0.3 is 9.84 Å². The number of hydrogen-bond donors (Lipinski definition) is 1. The summed E-state index contributed by atoms with van der Waals surface area (Å²) in [6.45, 7) is 0. The van der Waals surface area contributed by atoms with Crippen molar-refractivity contribution in [3.05, 3.63) is 28.7 Å². The Hall–Kier alpha value is -0.920. The molecule has 1 aliphatic rings. The van der Waals surface area contributed by atoms with Crippen LogP contribution in [-0.2, 0) is 19.4 Å². The van der Waals surface area contributed by atoms with E-state index < -0.39 is 28.0 Å². The molecule has 1 N–H and O–H groups in total. The predicted molar refractivity (Wildman–Crippen MR) is 71.7 cm³/mol. The third-order valence-electron chi connectivity index (χ3n) is 2.94. The van der Waals surface area contributed by atoms with E-state index >= 15 is 0 Å². The first kappa shape index (κ1) is 14.5. The maximum atomic E-state index is 12.2. The van der Waals surface area contributed by atoms with E-state index in [0.29, 0.717) is 17.3 Å². The number of carbonyl (C=O) groups is 1. The molecule has 1 heterocycles. The fourth-order valence-corrected chi connectivity index (χ4v) is 4.08. The van der Waals surface area contributed by atoms with Crippen LogP contribution in [0.25, 0.3) is 0 Å². The van der Waals surface area contributed by atoms with Crippen molar-refractivity contribution in [1.82, 2.24) is 0 Å². The van der Waals surface area contributed by atoms with Crippen molar-refractivity contribution in [2.75, 3.05) is 5.75 Å². The Balaban J connectivity index is 2.09. The SMILES string of the molecule is O=C(O)C1CCC(CS(=O)(=O)c2cccc(Br)c2)O1. The molecular weight excluding hydrogens is 336 g/mol. The second kappa shape index (κ2) is 5.60. The summed E-state index contributed by atoms with van der Waals surface area (Å²) in [5.41, 5.74) is 0. The highest BCUT2D eigenvalue weighted by molar-refractivity contribution is 9.10. The number of ether oxygens (including phenoxy) is 1. The van der Waals surface area contributed by atoms with Crippen molar-refractivity contribution in [3.8, 4) is 0 Å². The van der Waals surface area contributed by atoms with Gasteiger partial charge in [0.2, 0.25) is 0 Å². The minimum absolute atomic E-state index is 0.187. The van der Waals surface area contributed by atoms with E-state index in [-0.39, 0.29) is 10.6 Å². The molecule has 104 valence electrons. The van der Waals surface area contributed by atoms with Crippen molar-refractivity contribution < 1.29 is 23.1 Å². The average Bonchev–Trinajstić information content (AvgIpc) is 2.77. The van der Waals surface area contributed by atoms with Crippen molar-refractivity contribution in [2.45, 2.75) is 29.9 Å². The van der Waals surface area contributed by atoms with E-state index in [9.17, 15) is 13.2 Å². The molecule has 1 aliphatic heterocycles. The molecule has 0 aromatic heterocycles. The second-order valence-corrected chi connectivity index (χ2v) is 7.35. The summed E-state index contributed by atoms with van der Waals surface area (Å²) in [5, 5.41) is 8.80. The molecule has 0 spiro atoms. The van der Waals surface area contributed by atoms with E-state index in [1.165, 1.54) is 12.1 Å². The molecule has 0 aliphatic carbocycles. The lowest BCUT2D eigenvalue weighted by Crippen LogP contribution is -2.25. The summed E-state index contributed by atoms with van der Waals surface area (Å²) >= 11 is 3.22. The Bertz CT molecular complexity index is 584. The minimum Gasteiger partial charge on any atom is -0.479 e. The standard InChI is InChI=1S/C12H13BrO5S/c13-8-2-1-3-10(6-8)19(16,17)7-9-4-5-11(18-9)12(14)15/h1-3,6,9,11H,4-5,7H2,(H,14,15). The number of halogens is 1. The quantitative estimate of drug-likeness (QED) is 0.897.